The van der Waals surface area contributed by atoms with Crippen molar-refractivity contribution < 1.29 is 4.74 Å². The number of rotatable bonds is 4. The van der Waals surface area contributed by atoms with Crippen molar-refractivity contribution in [3.63, 3.8) is 0 Å². The van der Waals surface area contributed by atoms with E-state index >= 15 is 0 Å². The summed E-state index contributed by atoms with van der Waals surface area (Å²) in [6.45, 7) is 18.9. The average Bonchev–Trinajstić information content (AvgIpc) is 1.93. The van der Waals surface area contributed by atoms with Gasteiger partial charge in [-0.15, -0.1) is 0 Å². The van der Waals surface area contributed by atoms with Crippen molar-refractivity contribution in [3.05, 3.63) is 0 Å². The summed E-state index contributed by atoms with van der Waals surface area (Å²) < 4.78 is 6.04. The fraction of sp³-hybridized carbons (Fsp3) is 1.00. The zero-order valence-corrected chi connectivity index (χ0v) is 12.0. The van der Waals surface area contributed by atoms with E-state index in [1.54, 1.807) is 0 Å². The highest BCUT2D eigenvalue weighted by molar-refractivity contribution is 4.73. The second kappa shape index (κ2) is 5.34. The fourth-order valence-electron chi connectivity index (χ4n) is 1.45. The third kappa shape index (κ3) is 8.92. The summed E-state index contributed by atoms with van der Waals surface area (Å²) in [6, 6.07) is 0. The van der Waals surface area contributed by atoms with Gasteiger partial charge in [0.05, 0.1) is 12.7 Å². The lowest BCUT2D eigenvalue weighted by Crippen LogP contribution is -2.29. The van der Waals surface area contributed by atoms with E-state index in [0.717, 1.165) is 13.0 Å². The van der Waals surface area contributed by atoms with Gasteiger partial charge in [-0.3, -0.25) is 0 Å². The van der Waals surface area contributed by atoms with E-state index in [0.29, 0.717) is 17.4 Å². The van der Waals surface area contributed by atoms with Gasteiger partial charge in [-0.1, -0.05) is 55.4 Å². The molecule has 0 aliphatic rings. The van der Waals surface area contributed by atoms with Crippen molar-refractivity contribution in [2.24, 2.45) is 16.7 Å². The molecule has 0 aliphatic carbocycles. The molecule has 0 spiro atoms. The van der Waals surface area contributed by atoms with Crippen LogP contribution in [0, 0.1) is 16.7 Å². The summed E-state index contributed by atoms with van der Waals surface area (Å²) in [5.74, 6) is 0.603. The predicted octanol–water partition coefficient (Wildman–Crippen LogP) is 4.51. The van der Waals surface area contributed by atoms with Crippen LogP contribution in [-0.2, 0) is 4.74 Å². The van der Waals surface area contributed by atoms with Crippen LogP contribution in [0.1, 0.15) is 61.8 Å². The molecule has 0 fully saturated rings. The van der Waals surface area contributed by atoms with Crippen LogP contribution in [-0.4, -0.2) is 12.7 Å². The van der Waals surface area contributed by atoms with Crippen LogP contribution in [0.25, 0.3) is 0 Å². The molecular weight excluding hydrogens is 184 g/mol. The summed E-state index contributed by atoms with van der Waals surface area (Å²) in [5.41, 5.74) is 0.623. The van der Waals surface area contributed by atoms with Gasteiger partial charge in [-0.25, -0.2) is 0 Å². The van der Waals surface area contributed by atoms with Crippen LogP contribution < -0.4 is 0 Å². The molecule has 0 rings (SSSR count). The van der Waals surface area contributed by atoms with Crippen LogP contribution in [0.2, 0.25) is 0 Å². The van der Waals surface area contributed by atoms with Crippen molar-refractivity contribution in [2.75, 3.05) is 6.61 Å². The van der Waals surface area contributed by atoms with Crippen LogP contribution in [0.4, 0.5) is 0 Å². The Morgan fingerprint density at radius 1 is 0.867 bits per heavy atom. The third-order valence-electron chi connectivity index (χ3n) is 2.29. The SMILES string of the molecule is CC(C)C(CC(C)(C)C)OCC(C)(C)C. The highest BCUT2D eigenvalue weighted by Gasteiger charge is 2.23. The quantitative estimate of drug-likeness (QED) is 0.669. The van der Waals surface area contributed by atoms with E-state index in [4.69, 9.17) is 4.74 Å². The zero-order valence-electron chi connectivity index (χ0n) is 12.0. The van der Waals surface area contributed by atoms with E-state index < -0.39 is 0 Å². The van der Waals surface area contributed by atoms with E-state index in [9.17, 15) is 0 Å². The van der Waals surface area contributed by atoms with Gasteiger partial charge in [-0.05, 0) is 23.2 Å². The summed E-state index contributed by atoms with van der Waals surface area (Å²) in [4.78, 5) is 0. The van der Waals surface area contributed by atoms with Gasteiger partial charge in [-0.2, -0.15) is 0 Å². The number of ether oxygens (including phenoxy) is 1. The molecule has 1 heteroatoms. The van der Waals surface area contributed by atoms with Gasteiger partial charge >= 0.3 is 0 Å². The van der Waals surface area contributed by atoms with Gasteiger partial charge in [0, 0.05) is 0 Å². The van der Waals surface area contributed by atoms with Crippen molar-refractivity contribution >= 4 is 0 Å². The molecule has 0 N–H and O–H groups in total. The number of hydrogen-bond donors (Lipinski definition) is 0. The van der Waals surface area contributed by atoms with E-state index in [1.165, 1.54) is 0 Å². The molecule has 0 aromatic heterocycles. The van der Waals surface area contributed by atoms with Crippen molar-refractivity contribution in [1.29, 1.82) is 0 Å². The summed E-state index contributed by atoms with van der Waals surface area (Å²) in [6.07, 6.45) is 1.53. The average molecular weight is 214 g/mol. The Morgan fingerprint density at radius 2 is 1.33 bits per heavy atom. The molecule has 0 aromatic carbocycles. The molecule has 1 unspecified atom stereocenters. The Morgan fingerprint density at radius 3 is 1.60 bits per heavy atom. The minimum absolute atomic E-state index is 0.269. The second-order valence-corrected chi connectivity index (χ2v) is 7.42. The first-order chi connectivity index (χ1) is 6.51. The van der Waals surface area contributed by atoms with E-state index in [1.807, 2.05) is 0 Å². The van der Waals surface area contributed by atoms with Gasteiger partial charge in [0.2, 0.25) is 0 Å². The molecule has 0 saturated heterocycles. The molecule has 0 aromatic rings. The highest BCUT2D eigenvalue weighted by Crippen LogP contribution is 2.27. The minimum Gasteiger partial charge on any atom is -0.377 e. The Labute approximate surface area is 96.6 Å². The number of hydrogen-bond acceptors (Lipinski definition) is 1. The largest absolute Gasteiger partial charge is 0.377 e. The predicted molar refractivity (Wildman–Crippen MR) is 68.1 cm³/mol. The Hall–Kier alpha value is -0.0400. The van der Waals surface area contributed by atoms with Crippen molar-refractivity contribution in [3.8, 4) is 0 Å². The van der Waals surface area contributed by atoms with Gasteiger partial charge in [0.25, 0.3) is 0 Å². The summed E-state index contributed by atoms with van der Waals surface area (Å²) >= 11 is 0. The maximum atomic E-state index is 6.04. The van der Waals surface area contributed by atoms with E-state index in [2.05, 4.69) is 55.4 Å². The smallest absolute Gasteiger partial charge is 0.0603 e. The third-order valence-corrected chi connectivity index (χ3v) is 2.29. The lowest BCUT2D eigenvalue weighted by molar-refractivity contribution is -0.0346. The first-order valence-corrected chi connectivity index (χ1v) is 6.13. The standard InChI is InChI=1S/C14H30O/c1-11(2)12(9-13(3,4)5)15-10-14(6,7)8/h11-12H,9-10H2,1-8H3. The van der Waals surface area contributed by atoms with Gasteiger partial charge in [0.15, 0.2) is 0 Å². The maximum absolute atomic E-state index is 6.04. The fourth-order valence-corrected chi connectivity index (χ4v) is 1.45. The Bertz CT molecular complexity index is 169. The van der Waals surface area contributed by atoms with Gasteiger partial charge in [0.1, 0.15) is 0 Å². The molecule has 92 valence electrons. The lowest BCUT2D eigenvalue weighted by atomic mass is 9.85. The molecule has 0 radical (unpaired) electrons. The normalized spacial score (nSPS) is 15.8. The molecule has 0 heterocycles. The summed E-state index contributed by atoms with van der Waals surface area (Å²) in [5, 5.41) is 0. The maximum Gasteiger partial charge on any atom is 0.0603 e. The highest BCUT2D eigenvalue weighted by atomic mass is 16.5. The molecule has 0 bridgehead atoms. The van der Waals surface area contributed by atoms with Crippen molar-refractivity contribution in [2.45, 2.75) is 67.9 Å². The second-order valence-electron chi connectivity index (χ2n) is 7.42. The first-order valence-electron chi connectivity index (χ1n) is 6.13. The minimum atomic E-state index is 0.269. The van der Waals surface area contributed by atoms with Crippen LogP contribution in [0.5, 0.6) is 0 Å². The molecular formula is C14H30O. The van der Waals surface area contributed by atoms with Gasteiger partial charge < -0.3 is 4.74 Å². The van der Waals surface area contributed by atoms with Crippen LogP contribution in [0.3, 0.4) is 0 Å². The molecule has 1 nitrogen and oxygen atoms in total. The Balaban J connectivity index is 4.18. The van der Waals surface area contributed by atoms with Crippen LogP contribution >= 0.6 is 0 Å². The lowest BCUT2D eigenvalue weighted by Gasteiger charge is -2.31. The molecule has 0 saturated carbocycles. The van der Waals surface area contributed by atoms with Crippen molar-refractivity contribution in [1.82, 2.24) is 0 Å². The Kier molecular flexibility index (Phi) is 5.32. The topological polar surface area (TPSA) is 9.23 Å². The molecule has 15 heavy (non-hydrogen) atoms. The zero-order chi connectivity index (χ0) is 12.3. The molecule has 0 aliphatic heterocycles. The summed E-state index contributed by atoms with van der Waals surface area (Å²) in [7, 11) is 0. The van der Waals surface area contributed by atoms with Crippen LogP contribution in [0.15, 0.2) is 0 Å². The monoisotopic (exact) mass is 214 g/mol. The molecule has 0 amide bonds. The van der Waals surface area contributed by atoms with E-state index in [-0.39, 0.29) is 5.41 Å². The first kappa shape index (κ1) is 15.0. The molecule has 1 atom stereocenters.